The van der Waals surface area contributed by atoms with Crippen molar-refractivity contribution in [3.8, 4) is 0 Å². The Morgan fingerprint density at radius 2 is 1.91 bits per heavy atom. The molecule has 2 rings (SSSR count). The minimum Gasteiger partial charge on any atom is -0.393 e. The van der Waals surface area contributed by atoms with Crippen LogP contribution < -0.4 is 5.32 Å². The lowest BCUT2D eigenvalue weighted by Gasteiger charge is -2.32. The van der Waals surface area contributed by atoms with E-state index in [1.807, 2.05) is 6.07 Å². The van der Waals surface area contributed by atoms with Crippen molar-refractivity contribution in [2.24, 2.45) is 5.92 Å². The highest BCUT2D eigenvalue weighted by atomic mass is 16.3. The van der Waals surface area contributed by atoms with Gasteiger partial charge in [0.2, 0.25) is 5.91 Å². The first-order chi connectivity index (χ1) is 11.0. The molecule has 5 heteroatoms. The van der Waals surface area contributed by atoms with Crippen molar-refractivity contribution in [1.29, 1.82) is 0 Å². The highest BCUT2D eigenvalue weighted by Gasteiger charge is 2.27. The molecule has 1 saturated carbocycles. The summed E-state index contributed by atoms with van der Waals surface area (Å²) in [6.45, 7) is 2.22. The van der Waals surface area contributed by atoms with Gasteiger partial charge in [-0.1, -0.05) is 31.0 Å². The fraction of sp³-hybridized carbons (Fsp3) is 0.556. The van der Waals surface area contributed by atoms with Crippen molar-refractivity contribution < 1.29 is 14.7 Å². The van der Waals surface area contributed by atoms with E-state index in [1.165, 1.54) is 0 Å². The van der Waals surface area contributed by atoms with E-state index in [-0.39, 0.29) is 23.8 Å². The molecule has 0 saturated heterocycles. The molecule has 126 valence electrons. The number of hydrogen-bond donors (Lipinski definition) is 2. The smallest absolute Gasteiger partial charge is 0.251 e. The zero-order valence-corrected chi connectivity index (χ0v) is 13.9. The monoisotopic (exact) mass is 318 g/mol. The number of likely N-dealkylation sites (N-methyl/N-ethyl adjacent to an activating group) is 1. The van der Waals surface area contributed by atoms with Gasteiger partial charge < -0.3 is 15.3 Å². The Kier molecular flexibility index (Phi) is 6.16. The van der Waals surface area contributed by atoms with Gasteiger partial charge in [-0.15, -0.1) is 0 Å². The van der Waals surface area contributed by atoms with Crippen LogP contribution in [0.3, 0.4) is 0 Å². The molecule has 1 aliphatic rings. The summed E-state index contributed by atoms with van der Waals surface area (Å²) in [6.07, 6.45) is 3.59. The van der Waals surface area contributed by atoms with Gasteiger partial charge in [-0.3, -0.25) is 9.59 Å². The van der Waals surface area contributed by atoms with Crippen LogP contribution in [0.15, 0.2) is 30.3 Å². The van der Waals surface area contributed by atoms with Crippen LogP contribution in [-0.2, 0) is 4.79 Å². The molecule has 1 aromatic rings. The SMILES string of the molecule is CC(NC(=O)c1ccccc1)C(=O)N(C)CC1CCCCC1O. The second-order valence-corrected chi connectivity index (χ2v) is 6.39. The molecule has 0 aliphatic heterocycles. The molecule has 2 amide bonds. The van der Waals surface area contributed by atoms with Gasteiger partial charge in [-0.25, -0.2) is 0 Å². The number of carbonyl (C=O) groups is 2. The van der Waals surface area contributed by atoms with Crippen molar-refractivity contribution in [2.75, 3.05) is 13.6 Å². The molecule has 5 nitrogen and oxygen atoms in total. The lowest BCUT2D eigenvalue weighted by atomic mass is 9.86. The maximum absolute atomic E-state index is 12.4. The van der Waals surface area contributed by atoms with E-state index >= 15 is 0 Å². The van der Waals surface area contributed by atoms with E-state index in [4.69, 9.17) is 0 Å². The summed E-state index contributed by atoms with van der Waals surface area (Å²) >= 11 is 0. The molecule has 1 aromatic carbocycles. The van der Waals surface area contributed by atoms with Crippen molar-refractivity contribution in [2.45, 2.75) is 44.8 Å². The molecule has 0 heterocycles. The zero-order valence-electron chi connectivity index (χ0n) is 13.9. The molecule has 3 atom stereocenters. The van der Waals surface area contributed by atoms with Gasteiger partial charge in [0.1, 0.15) is 6.04 Å². The summed E-state index contributed by atoms with van der Waals surface area (Å²) in [5.74, 6) is -0.251. The molecule has 1 fully saturated rings. The van der Waals surface area contributed by atoms with Crippen molar-refractivity contribution >= 4 is 11.8 Å². The maximum atomic E-state index is 12.4. The second-order valence-electron chi connectivity index (χ2n) is 6.39. The summed E-state index contributed by atoms with van der Waals surface area (Å²) in [4.78, 5) is 26.1. The lowest BCUT2D eigenvalue weighted by Crippen LogP contribution is -2.48. The highest BCUT2D eigenvalue weighted by Crippen LogP contribution is 2.25. The molecule has 1 aliphatic carbocycles. The van der Waals surface area contributed by atoms with Gasteiger partial charge >= 0.3 is 0 Å². The number of amides is 2. The number of rotatable bonds is 5. The molecule has 0 spiro atoms. The molecule has 0 bridgehead atoms. The van der Waals surface area contributed by atoms with Crippen LogP contribution in [0.25, 0.3) is 0 Å². The number of aliphatic hydroxyl groups excluding tert-OH is 1. The Morgan fingerprint density at radius 1 is 1.26 bits per heavy atom. The summed E-state index contributed by atoms with van der Waals surface area (Å²) in [7, 11) is 1.73. The summed E-state index contributed by atoms with van der Waals surface area (Å²) < 4.78 is 0. The predicted octanol–water partition coefficient (Wildman–Crippen LogP) is 1.81. The van der Waals surface area contributed by atoms with Crippen molar-refractivity contribution in [3.05, 3.63) is 35.9 Å². The van der Waals surface area contributed by atoms with Crippen molar-refractivity contribution in [3.63, 3.8) is 0 Å². The van der Waals surface area contributed by atoms with Crippen LogP contribution in [-0.4, -0.2) is 47.6 Å². The zero-order chi connectivity index (χ0) is 16.8. The Bertz CT molecular complexity index is 532. The fourth-order valence-corrected chi connectivity index (χ4v) is 3.10. The van der Waals surface area contributed by atoms with E-state index in [0.717, 1.165) is 25.7 Å². The van der Waals surface area contributed by atoms with E-state index in [9.17, 15) is 14.7 Å². The Labute approximate surface area is 137 Å². The van der Waals surface area contributed by atoms with Crippen LogP contribution in [0.2, 0.25) is 0 Å². The fourth-order valence-electron chi connectivity index (χ4n) is 3.10. The number of hydrogen-bond acceptors (Lipinski definition) is 3. The Hall–Kier alpha value is -1.88. The number of nitrogens with one attached hydrogen (secondary N) is 1. The molecule has 0 aromatic heterocycles. The van der Waals surface area contributed by atoms with Gasteiger partial charge in [0.25, 0.3) is 5.91 Å². The first-order valence-electron chi connectivity index (χ1n) is 8.28. The molecule has 3 unspecified atom stereocenters. The number of aliphatic hydroxyl groups is 1. The summed E-state index contributed by atoms with van der Waals surface area (Å²) in [5.41, 5.74) is 0.539. The van der Waals surface area contributed by atoms with Crippen LogP contribution in [0.4, 0.5) is 0 Å². The summed E-state index contributed by atoms with van der Waals surface area (Å²) in [5, 5.41) is 12.8. The van der Waals surface area contributed by atoms with Crippen LogP contribution in [0.5, 0.6) is 0 Å². The van der Waals surface area contributed by atoms with Gasteiger partial charge in [-0.05, 0) is 31.9 Å². The van der Waals surface area contributed by atoms with Gasteiger partial charge in [0, 0.05) is 25.1 Å². The maximum Gasteiger partial charge on any atom is 0.251 e. The summed E-state index contributed by atoms with van der Waals surface area (Å²) in [6, 6.07) is 8.27. The first kappa shape index (κ1) is 17.5. The topological polar surface area (TPSA) is 69.6 Å². The Morgan fingerprint density at radius 3 is 2.57 bits per heavy atom. The van der Waals surface area contributed by atoms with Crippen LogP contribution in [0.1, 0.15) is 43.0 Å². The van der Waals surface area contributed by atoms with E-state index in [2.05, 4.69) is 5.32 Å². The molecule has 0 radical (unpaired) electrons. The lowest BCUT2D eigenvalue weighted by molar-refractivity contribution is -0.132. The normalized spacial score (nSPS) is 22.2. The first-order valence-corrected chi connectivity index (χ1v) is 8.28. The largest absolute Gasteiger partial charge is 0.393 e. The standard InChI is InChI=1S/C18H26N2O3/c1-13(19-17(22)14-8-4-3-5-9-14)18(23)20(2)12-15-10-6-7-11-16(15)21/h3-5,8-9,13,15-16,21H,6-7,10-12H2,1-2H3,(H,19,22). The van der Waals surface area contributed by atoms with Crippen LogP contribution in [0, 0.1) is 5.92 Å². The predicted molar refractivity (Wildman–Crippen MR) is 89.0 cm³/mol. The quantitative estimate of drug-likeness (QED) is 0.870. The minimum absolute atomic E-state index is 0.132. The van der Waals surface area contributed by atoms with Gasteiger partial charge in [-0.2, -0.15) is 0 Å². The third kappa shape index (κ3) is 4.79. The van der Waals surface area contributed by atoms with Crippen molar-refractivity contribution in [1.82, 2.24) is 10.2 Å². The van der Waals surface area contributed by atoms with Gasteiger partial charge in [0.15, 0.2) is 0 Å². The van der Waals surface area contributed by atoms with E-state index < -0.39 is 6.04 Å². The second kappa shape index (κ2) is 8.11. The third-order valence-electron chi connectivity index (χ3n) is 4.51. The van der Waals surface area contributed by atoms with Gasteiger partial charge in [0.05, 0.1) is 6.10 Å². The highest BCUT2D eigenvalue weighted by molar-refractivity contribution is 5.97. The molecule has 2 N–H and O–H groups in total. The number of benzene rings is 1. The molecular weight excluding hydrogens is 292 g/mol. The number of carbonyl (C=O) groups excluding carboxylic acids is 2. The average molecular weight is 318 g/mol. The Balaban J connectivity index is 1.87. The molecular formula is C18H26N2O3. The average Bonchev–Trinajstić information content (AvgIpc) is 2.56. The molecule has 23 heavy (non-hydrogen) atoms. The van der Waals surface area contributed by atoms with E-state index in [0.29, 0.717) is 12.1 Å². The number of nitrogens with zero attached hydrogens (tertiary/aromatic N) is 1. The van der Waals surface area contributed by atoms with E-state index in [1.54, 1.807) is 43.1 Å². The third-order valence-corrected chi connectivity index (χ3v) is 4.51. The minimum atomic E-state index is -0.589. The van der Waals surface area contributed by atoms with Crippen LogP contribution >= 0.6 is 0 Å².